The van der Waals surface area contributed by atoms with Crippen LogP contribution in [0.5, 0.6) is 0 Å². The molecule has 204 valence electrons. The van der Waals surface area contributed by atoms with E-state index in [9.17, 15) is 8.42 Å². The number of rotatable bonds is 5. The van der Waals surface area contributed by atoms with Crippen LogP contribution < -0.4 is 44.9 Å². The van der Waals surface area contributed by atoms with Gasteiger partial charge in [0.05, 0.1) is 4.90 Å². The lowest BCUT2D eigenvalue weighted by Crippen LogP contribution is -2.34. The quantitative estimate of drug-likeness (QED) is 0.316. The summed E-state index contributed by atoms with van der Waals surface area (Å²) in [4.78, 5) is 18.5. The summed E-state index contributed by atoms with van der Waals surface area (Å²) in [6.45, 7) is 3.80. The van der Waals surface area contributed by atoms with Crippen LogP contribution in [0.15, 0.2) is 29.2 Å². The molecular weight excluding hydrogens is 482 g/mol. The second-order valence-electron chi connectivity index (χ2n) is 7.55. The van der Waals surface area contributed by atoms with E-state index in [1.807, 2.05) is 0 Å². The molecular formula is C19H48ClN11O2S. The van der Waals surface area contributed by atoms with E-state index < -0.39 is 10.0 Å². The molecule has 2 aliphatic rings. The summed E-state index contributed by atoms with van der Waals surface area (Å²) in [6.07, 6.45) is 7.04. The van der Waals surface area contributed by atoms with E-state index in [2.05, 4.69) is 25.1 Å². The van der Waals surface area contributed by atoms with Gasteiger partial charge in [-0.1, -0.05) is 0 Å². The molecule has 2 aromatic rings. The number of nitrogens with two attached hydrogens (primary N) is 1. The Balaban J connectivity index is -0.000000284. The Hall–Kier alpha value is -2.33. The maximum absolute atomic E-state index is 11.5. The number of anilines is 4. The predicted octanol–water partition coefficient (Wildman–Crippen LogP) is 4.30. The zero-order chi connectivity index (χ0) is 20.3. The van der Waals surface area contributed by atoms with E-state index in [1.54, 1.807) is 12.1 Å². The lowest BCUT2D eigenvalue weighted by molar-refractivity contribution is 0.556. The van der Waals surface area contributed by atoms with Gasteiger partial charge in [-0.05, 0) is 62.8 Å². The zero-order valence-electron chi connectivity index (χ0n) is 19.7. The molecule has 2 aliphatic heterocycles. The molecule has 0 aliphatic carbocycles. The molecule has 3 heterocycles. The van der Waals surface area contributed by atoms with Crippen molar-refractivity contribution in [2.45, 2.75) is 43.4 Å². The number of aromatic nitrogens is 3. The first kappa shape index (κ1) is 33.8. The standard InChI is InChI=1S/C19H27N7O2S.ClH.4H3N.4H2/c20-29(27,28)16-9-7-15(8-10-16)21-17-22-18(25-11-3-1-4-12-25)24-19(23-17)26-13-5-2-6-14-26;;;;;;;;;/h7-10H,1-6,11-14H2,(H2,20,27,28)(H,21,22,23,24);1H;4*1H3;4*1H. The number of hydrogen-bond donors (Lipinski definition) is 6. The van der Waals surface area contributed by atoms with E-state index in [1.165, 1.54) is 25.0 Å². The van der Waals surface area contributed by atoms with Gasteiger partial charge >= 0.3 is 0 Å². The van der Waals surface area contributed by atoms with Crippen molar-refractivity contribution in [3.05, 3.63) is 24.3 Å². The van der Waals surface area contributed by atoms with Gasteiger partial charge in [0.25, 0.3) is 0 Å². The number of halogens is 1. The molecule has 0 bridgehead atoms. The summed E-state index contributed by atoms with van der Waals surface area (Å²) in [5.41, 5.74) is 0.692. The Morgan fingerprint density at radius 1 is 0.735 bits per heavy atom. The summed E-state index contributed by atoms with van der Waals surface area (Å²) in [7, 11) is -3.72. The van der Waals surface area contributed by atoms with Crippen LogP contribution in [-0.2, 0) is 10.0 Å². The molecule has 0 saturated carbocycles. The van der Waals surface area contributed by atoms with Gasteiger partial charge in [-0.15, -0.1) is 12.4 Å². The zero-order valence-corrected chi connectivity index (χ0v) is 21.3. The minimum absolute atomic E-state index is 0. The Morgan fingerprint density at radius 2 is 1.15 bits per heavy atom. The van der Waals surface area contributed by atoms with Gasteiger partial charge < -0.3 is 39.7 Å². The van der Waals surface area contributed by atoms with Gasteiger partial charge in [0, 0.05) is 37.6 Å². The summed E-state index contributed by atoms with van der Waals surface area (Å²) < 4.78 is 22.9. The molecule has 0 radical (unpaired) electrons. The fraction of sp³-hybridized carbons (Fsp3) is 0.526. The van der Waals surface area contributed by atoms with Crippen LogP contribution >= 0.6 is 12.4 Å². The summed E-state index contributed by atoms with van der Waals surface area (Å²) >= 11 is 0. The Kier molecular flexibility index (Phi) is 14.8. The average Bonchev–Trinajstić information content (AvgIpc) is 2.74. The minimum atomic E-state index is -3.72. The molecule has 0 atom stereocenters. The molecule has 15 N–H and O–H groups in total. The van der Waals surface area contributed by atoms with E-state index >= 15 is 0 Å². The minimum Gasteiger partial charge on any atom is -0.344 e. The normalized spacial score (nSPS) is 15.3. The first-order valence-electron chi connectivity index (χ1n) is 10.1. The Labute approximate surface area is 214 Å². The number of piperidine rings is 2. The van der Waals surface area contributed by atoms with Crippen LogP contribution in [-0.4, -0.2) is 49.5 Å². The van der Waals surface area contributed by atoms with Crippen LogP contribution in [0.25, 0.3) is 0 Å². The third kappa shape index (κ3) is 8.47. The second-order valence-corrected chi connectivity index (χ2v) is 9.11. The molecule has 0 unspecified atom stereocenters. The number of benzene rings is 1. The lowest BCUT2D eigenvalue weighted by Gasteiger charge is -2.30. The maximum Gasteiger partial charge on any atom is 0.238 e. The average molecular weight is 530 g/mol. The van der Waals surface area contributed by atoms with Crippen molar-refractivity contribution in [2.24, 2.45) is 5.14 Å². The monoisotopic (exact) mass is 529 g/mol. The van der Waals surface area contributed by atoms with Crippen molar-refractivity contribution >= 4 is 46.0 Å². The molecule has 13 nitrogen and oxygen atoms in total. The van der Waals surface area contributed by atoms with E-state index in [0.29, 0.717) is 23.5 Å². The SMILES string of the molecule is Cl.N.N.N.N.NS(=O)(=O)c1ccc(Nc2nc(N3CCCCC3)nc(N3CCCCC3)n2)cc1.[HH].[HH].[HH].[HH]. The van der Waals surface area contributed by atoms with Gasteiger partial charge in [-0.2, -0.15) is 15.0 Å². The third-order valence-electron chi connectivity index (χ3n) is 5.33. The molecule has 0 spiro atoms. The fourth-order valence-electron chi connectivity index (χ4n) is 3.74. The summed E-state index contributed by atoms with van der Waals surface area (Å²) in [5.74, 6) is 1.86. The molecule has 0 amide bonds. The fourth-order valence-corrected chi connectivity index (χ4v) is 4.25. The lowest BCUT2D eigenvalue weighted by atomic mass is 10.1. The number of nitrogens with zero attached hydrogens (tertiary/aromatic N) is 5. The summed E-state index contributed by atoms with van der Waals surface area (Å²) in [6, 6.07) is 6.25. The first-order valence-corrected chi connectivity index (χ1v) is 11.7. The summed E-state index contributed by atoms with van der Waals surface area (Å²) in [5, 5.41) is 8.36. The van der Waals surface area contributed by atoms with Crippen molar-refractivity contribution in [1.29, 1.82) is 0 Å². The topological polar surface area (TPSA) is 257 Å². The molecule has 15 heteroatoms. The highest BCUT2D eigenvalue weighted by molar-refractivity contribution is 7.89. The van der Waals surface area contributed by atoms with Crippen LogP contribution in [0.4, 0.5) is 23.5 Å². The van der Waals surface area contributed by atoms with E-state index in [0.717, 1.165) is 51.9 Å². The van der Waals surface area contributed by atoms with Gasteiger partial charge in [0.15, 0.2) is 0 Å². The van der Waals surface area contributed by atoms with Crippen molar-refractivity contribution in [1.82, 2.24) is 39.6 Å². The Bertz CT molecular complexity index is 933. The largest absolute Gasteiger partial charge is 0.344 e. The number of primary sulfonamides is 1. The highest BCUT2D eigenvalue weighted by Gasteiger charge is 2.20. The third-order valence-corrected chi connectivity index (χ3v) is 6.26. The highest BCUT2D eigenvalue weighted by Crippen LogP contribution is 2.24. The Morgan fingerprint density at radius 3 is 1.53 bits per heavy atom. The van der Waals surface area contributed by atoms with Crippen molar-refractivity contribution in [3.8, 4) is 0 Å². The van der Waals surface area contributed by atoms with Crippen LogP contribution in [0, 0.1) is 0 Å². The first-order chi connectivity index (χ1) is 14.0. The number of sulfonamides is 1. The van der Waals surface area contributed by atoms with Crippen LogP contribution in [0.1, 0.15) is 44.2 Å². The van der Waals surface area contributed by atoms with Crippen LogP contribution in [0.2, 0.25) is 0 Å². The van der Waals surface area contributed by atoms with Crippen molar-refractivity contribution in [2.75, 3.05) is 41.3 Å². The predicted molar refractivity (Wildman–Crippen MR) is 149 cm³/mol. The van der Waals surface area contributed by atoms with Crippen molar-refractivity contribution in [3.63, 3.8) is 0 Å². The molecule has 34 heavy (non-hydrogen) atoms. The molecule has 1 aromatic heterocycles. The van der Waals surface area contributed by atoms with Gasteiger partial charge in [0.1, 0.15) is 0 Å². The van der Waals surface area contributed by atoms with Crippen LogP contribution in [0.3, 0.4) is 0 Å². The number of hydrogen-bond acceptors (Lipinski definition) is 12. The van der Waals surface area contributed by atoms with Gasteiger partial charge in [0.2, 0.25) is 27.9 Å². The van der Waals surface area contributed by atoms with Gasteiger partial charge in [-0.3, -0.25) is 0 Å². The van der Waals surface area contributed by atoms with E-state index in [4.69, 9.17) is 10.1 Å². The molecule has 2 fully saturated rings. The molecule has 4 rings (SSSR count). The number of nitrogens with one attached hydrogen (secondary N) is 1. The smallest absolute Gasteiger partial charge is 0.238 e. The van der Waals surface area contributed by atoms with E-state index in [-0.39, 0.29) is 47.6 Å². The molecule has 1 aromatic carbocycles. The maximum atomic E-state index is 11.5. The van der Waals surface area contributed by atoms with Gasteiger partial charge in [-0.25, -0.2) is 13.6 Å². The molecule has 2 saturated heterocycles. The second kappa shape index (κ2) is 14.8. The van der Waals surface area contributed by atoms with Crippen molar-refractivity contribution < 1.29 is 14.1 Å². The highest BCUT2D eigenvalue weighted by atomic mass is 35.5.